The highest BCUT2D eigenvalue weighted by Gasteiger charge is 2.16. The zero-order valence-corrected chi connectivity index (χ0v) is 12.3. The number of carbonyl (C=O) groups excluding carboxylic acids is 1. The van der Waals surface area contributed by atoms with Crippen molar-refractivity contribution in [2.24, 2.45) is 0 Å². The fraction of sp³-hybridized carbons (Fsp3) is 0.143. The van der Waals surface area contributed by atoms with E-state index in [9.17, 15) is 4.79 Å². The Kier molecular flexibility index (Phi) is 4.47. The van der Waals surface area contributed by atoms with E-state index in [1.807, 2.05) is 12.1 Å². The van der Waals surface area contributed by atoms with Gasteiger partial charge in [-0.1, -0.05) is 35.3 Å². The Morgan fingerprint density at radius 3 is 2.60 bits per heavy atom. The van der Waals surface area contributed by atoms with E-state index >= 15 is 0 Å². The lowest BCUT2D eigenvalue weighted by Gasteiger charge is -2.18. The van der Waals surface area contributed by atoms with Crippen LogP contribution in [0.2, 0.25) is 10.0 Å². The monoisotopic (exact) mass is 309 g/mol. The molecular formula is C14H13Cl2N3O. The van der Waals surface area contributed by atoms with Crippen LogP contribution in [0.1, 0.15) is 15.9 Å². The van der Waals surface area contributed by atoms with Gasteiger partial charge in [-0.05, 0) is 23.8 Å². The minimum Gasteiger partial charge on any atom is -0.384 e. The molecule has 6 heteroatoms. The molecule has 4 nitrogen and oxygen atoms in total. The van der Waals surface area contributed by atoms with Crippen molar-refractivity contribution in [3.05, 3.63) is 57.7 Å². The van der Waals surface area contributed by atoms with E-state index in [4.69, 9.17) is 28.9 Å². The van der Waals surface area contributed by atoms with Gasteiger partial charge in [-0.3, -0.25) is 4.79 Å². The number of amides is 1. The molecule has 2 N–H and O–H groups in total. The van der Waals surface area contributed by atoms with Crippen LogP contribution in [0.4, 0.5) is 5.82 Å². The SMILES string of the molecule is CN(Cc1ccc(Cl)cc1)C(=O)c1cc(N)ncc1Cl. The first kappa shape index (κ1) is 14.6. The van der Waals surface area contributed by atoms with Crippen LogP contribution in [0.5, 0.6) is 0 Å². The van der Waals surface area contributed by atoms with E-state index in [-0.39, 0.29) is 16.7 Å². The van der Waals surface area contributed by atoms with Crippen LogP contribution in [0, 0.1) is 0 Å². The molecule has 0 saturated heterocycles. The van der Waals surface area contributed by atoms with Gasteiger partial charge in [-0.25, -0.2) is 4.98 Å². The van der Waals surface area contributed by atoms with Crippen molar-refractivity contribution in [2.45, 2.75) is 6.54 Å². The van der Waals surface area contributed by atoms with E-state index in [1.165, 1.54) is 12.3 Å². The van der Waals surface area contributed by atoms with Crippen molar-refractivity contribution in [1.82, 2.24) is 9.88 Å². The number of rotatable bonds is 3. The van der Waals surface area contributed by atoms with Crippen LogP contribution in [0.15, 0.2) is 36.5 Å². The molecule has 0 atom stereocenters. The minimum atomic E-state index is -0.209. The molecule has 2 aromatic rings. The summed E-state index contributed by atoms with van der Waals surface area (Å²) < 4.78 is 0. The molecule has 0 aliphatic rings. The molecule has 104 valence electrons. The number of hydrogen-bond donors (Lipinski definition) is 1. The average molecular weight is 310 g/mol. The fourth-order valence-corrected chi connectivity index (χ4v) is 2.07. The van der Waals surface area contributed by atoms with Gasteiger partial charge in [-0.2, -0.15) is 0 Å². The van der Waals surface area contributed by atoms with Crippen molar-refractivity contribution in [2.75, 3.05) is 12.8 Å². The Bertz CT molecular complexity index is 629. The standard InChI is InChI=1S/C14H13Cl2N3O/c1-19(8-9-2-4-10(15)5-3-9)14(20)11-6-13(17)18-7-12(11)16/h2-7H,8H2,1H3,(H2,17,18). The van der Waals surface area contributed by atoms with Crippen LogP contribution < -0.4 is 5.73 Å². The van der Waals surface area contributed by atoms with Gasteiger partial charge >= 0.3 is 0 Å². The normalized spacial score (nSPS) is 10.3. The van der Waals surface area contributed by atoms with Gasteiger partial charge < -0.3 is 10.6 Å². The summed E-state index contributed by atoms with van der Waals surface area (Å²) in [5, 5.41) is 0.944. The van der Waals surface area contributed by atoms with Crippen LogP contribution in [-0.2, 0) is 6.54 Å². The molecule has 1 aromatic carbocycles. The Morgan fingerprint density at radius 2 is 1.95 bits per heavy atom. The predicted octanol–water partition coefficient (Wildman–Crippen LogP) is 3.24. The molecule has 0 aliphatic carbocycles. The number of aromatic nitrogens is 1. The van der Waals surface area contributed by atoms with Crippen molar-refractivity contribution < 1.29 is 4.79 Å². The zero-order chi connectivity index (χ0) is 14.7. The summed E-state index contributed by atoms with van der Waals surface area (Å²) in [6.07, 6.45) is 1.38. The van der Waals surface area contributed by atoms with Gasteiger partial charge in [0.25, 0.3) is 5.91 Å². The number of nitrogens with zero attached hydrogens (tertiary/aromatic N) is 2. The summed E-state index contributed by atoms with van der Waals surface area (Å²) in [7, 11) is 1.70. The highest BCUT2D eigenvalue weighted by atomic mass is 35.5. The largest absolute Gasteiger partial charge is 0.384 e. The number of pyridine rings is 1. The van der Waals surface area contributed by atoms with Gasteiger partial charge in [-0.15, -0.1) is 0 Å². The van der Waals surface area contributed by atoms with Gasteiger partial charge in [0.05, 0.1) is 10.6 Å². The molecule has 0 radical (unpaired) electrons. The van der Waals surface area contributed by atoms with Crippen LogP contribution >= 0.6 is 23.2 Å². The minimum absolute atomic E-state index is 0.209. The van der Waals surface area contributed by atoms with Crippen LogP contribution in [-0.4, -0.2) is 22.8 Å². The molecule has 0 bridgehead atoms. The second-order valence-corrected chi connectivity index (χ2v) is 5.22. The Balaban J connectivity index is 2.16. The van der Waals surface area contributed by atoms with Gasteiger partial charge in [0, 0.05) is 24.8 Å². The van der Waals surface area contributed by atoms with E-state index in [0.717, 1.165) is 5.56 Å². The number of anilines is 1. The van der Waals surface area contributed by atoms with Gasteiger partial charge in [0.15, 0.2) is 0 Å². The maximum Gasteiger partial charge on any atom is 0.255 e. The molecule has 1 amide bonds. The van der Waals surface area contributed by atoms with Crippen LogP contribution in [0.25, 0.3) is 0 Å². The third-order valence-electron chi connectivity index (χ3n) is 2.79. The summed E-state index contributed by atoms with van der Waals surface area (Å²) in [6.45, 7) is 0.453. The maximum atomic E-state index is 12.3. The molecule has 20 heavy (non-hydrogen) atoms. The molecule has 0 saturated carbocycles. The Morgan fingerprint density at radius 1 is 1.30 bits per heavy atom. The molecule has 0 fully saturated rings. The number of nitrogen functional groups attached to an aromatic ring is 1. The van der Waals surface area contributed by atoms with E-state index in [2.05, 4.69) is 4.98 Å². The van der Waals surface area contributed by atoms with E-state index in [0.29, 0.717) is 17.1 Å². The molecule has 2 rings (SSSR count). The Labute approximate surface area is 127 Å². The van der Waals surface area contributed by atoms with Crippen molar-refractivity contribution >= 4 is 34.9 Å². The zero-order valence-electron chi connectivity index (χ0n) is 10.8. The molecule has 0 spiro atoms. The first-order chi connectivity index (χ1) is 9.47. The smallest absolute Gasteiger partial charge is 0.255 e. The number of benzene rings is 1. The third-order valence-corrected chi connectivity index (χ3v) is 3.34. The lowest BCUT2D eigenvalue weighted by Crippen LogP contribution is -2.26. The highest BCUT2D eigenvalue weighted by molar-refractivity contribution is 6.33. The third kappa shape index (κ3) is 3.40. The average Bonchev–Trinajstić information content (AvgIpc) is 2.43. The summed E-state index contributed by atoms with van der Waals surface area (Å²) in [4.78, 5) is 17.7. The van der Waals surface area contributed by atoms with Crippen molar-refractivity contribution in [1.29, 1.82) is 0 Å². The van der Waals surface area contributed by atoms with Gasteiger partial charge in [0.1, 0.15) is 5.82 Å². The maximum absolute atomic E-state index is 12.3. The quantitative estimate of drug-likeness (QED) is 0.947. The first-order valence-electron chi connectivity index (χ1n) is 5.88. The number of hydrogen-bond acceptors (Lipinski definition) is 3. The fourth-order valence-electron chi connectivity index (χ4n) is 1.76. The molecular weight excluding hydrogens is 297 g/mol. The van der Waals surface area contributed by atoms with Crippen LogP contribution in [0.3, 0.4) is 0 Å². The summed E-state index contributed by atoms with van der Waals surface area (Å²) in [5.41, 5.74) is 6.90. The second kappa shape index (κ2) is 6.11. The predicted molar refractivity (Wildman–Crippen MR) is 80.9 cm³/mol. The first-order valence-corrected chi connectivity index (χ1v) is 6.64. The topological polar surface area (TPSA) is 59.2 Å². The molecule has 1 aromatic heterocycles. The van der Waals surface area contributed by atoms with Crippen molar-refractivity contribution in [3.63, 3.8) is 0 Å². The molecule has 0 aliphatic heterocycles. The summed E-state index contributed by atoms with van der Waals surface area (Å²) >= 11 is 11.8. The Hall–Kier alpha value is -1.78. The van der Waals surface area contributed by atoms with E-state index < -0.39 is 0 Å². The van der Waals surface area contributed by atoms with Crippen molar-refractivity contribution in [3.8, 4) is 0 Å². The number of carbonyl (C=O) groups is 1. The molecule has 0 unspecified atom stereocenters. The second-order valence-electron chi connectivity index (χ2n) is 4.38. The lowest BCUT2D eigenvalue weighted by atomic mass is 10.2. The molecule has 1 heterocycles. The van der Waals surface area contributed by atoms with Gasteiger partial charge in [0.2, 0.25) is 0 Å². The van der Waals surface area contributed by atoms with E-state index in [1.54, 1.807) is 24.1 Å². The lowest BCUT2D eigenvalue weighted by molar-refractivity contribution is 0.0785. The number of halogens is 2. The summed E-state index contributed by atoms with van der Waals surface area (Å²) in [6, 6.07) is 8.78. The number of nitrogens with two attached hydrogens (primary N) is 1. The highest BCUT2D eigenvalue weighted by Crippen LogP contribution is 2.19. The summed E-state index contributed by atoms with van der Waals surface area (Å²) in [5.74, 6) is 0.0525.